The Balaban J connectivity index is 1.73. The summed E-state index contributed by atoms with van der Waals surface area (Å²) < 4.78 is 5.68. The number of allylic oxidation sites excluding steroid dienone is 2. The highest BCUT2D eigenvalue weighted by atomic mass is 16.5. The van der Waals surface area contributed by atoms with Crippen LogP contribution in [0, 0.1) is 0 Å². The molecule has 1 aliphatic carbocycles. The van der Waals surface area contributed by atoms with Crippen LogP contribution >= 0.6 is 0 Å². The van der Waals surface area contributed by atoms with Crippen LogP contribution in [0.5, 0.6) is 5.75 Å². The average Bonchev–Trinajstić information content (AvgIpc) is 2.84. The maximum absolute atomic E-state index is 5.68. The second-order valence-corrected chi connectivity index (χ2v) is 5.58. The maximum atomic E-state index is 5.68. The molecular weight excluding hydrogens is 244 g/mol. The molecule has 0 fully saturated rings. The zero-order chi connectivity index (χ0) is 13.9. The molecule has 0 unspecified atom stereocenters. The van der Waals surface area contributed by atoms with E-state index in [4.69, 9.17) is 4.74 Å². The van der Waals surface area contributed by atoms with Crippen LogP contribution in [-0.4, -0.2) is 6.10 Å². The van der Waals surface area contributed by atoms with Crippen LogP contribution in [0.1, 0.15) is 30.5 Å². The van der Waals surface area contributed by atoms with Crippen LogP contribution in [0.4, 0.5) is 0 Å². The minimum Gasteiger partial charge on any atom is -0.491 e. The van der Waals surface area contributed by atoms with E-state index in [2.05, 4.69) is 54.6 Å². The normalized spacial score (nSPS) is 13.2. The number of benzene rings is 2. The molecule has 0 saturated heterocycles. The van der Waals surface area contributed by atoms with Gasteiger partial charge < -0.3 is 4.74 Å². The van der Waals surface area contributed by atoms with E-state index in [1.165, 1.54) is 22.3 Å². The molecule has 0 saturated carbocycles. The fourth-order valence-corrected chi connectivity index (χ4v) is 2.70. The van der Waals surface area contributed by atoms with Crippen LogP contribution in [0.15, 0.2) is 54.6 Å². The molecule has 1 heteroatoms. The maximum Gasteiger partial charge on any atom is 0.119 e. The van der Waals surface area contributed by atoms with Gasteiger partial charge in [0.05, 0.1) is 6.10 Å². The Morgan fingerprint density at radius 3 is 2.50 bits per heavy atom. The van der Waals surface area contributed by atoms with E-state index in [0.29, 0.717) is 0 Å². The van der Waals surface area contributed by atoms with Crippen molar-refractivity contribution in [1.82, 2.24) is 0 Å². The highest BCUT2D eigenvalue weighted by Crippen LogP contribution is 2.30. The van der Waals surface area contributed by atoms with E-state index in [-0.39, 0.29) is 6.10 Å². The monoisotopic (exact) mass is 264 g/mol. The molecule has 0 bridgehead atoms. The molecule has 1 aliphatic rings. The Labute approximate surface area is 120 Å². The van der Waals surface area contributed by atoms with Crippen molar-refractivity contribution in [1.29, 1.82) is 0 Å². The smallest absolute Gasteiger partial charge is 0.119 e. The summed E-state index contributed by atoms with van der Waals surface area (Å²) in [5, 5.41) is 0. The molecule has 0 N–H and O–H groups in total. The number of fused-ring (bicyclic) bond motifs is 1. The zero-order valence-corrected chi connectivity index (χ0v) is 12.1. The van der Waals surface area contributed by atoms with E-state index in [0.717, 1.165) is 18.6 Å². The van der Waals surface area contributed by atoms with Gasteiger partial charge in [0.15, 0.2) is 0 Å². The number of ether oxygens (including phenoxy) is 1. The highest BCUT2D eigenvalue weighted by Gasteiger charge is 2.13. The Bertz CT molecular complexity index is 620. The van der Waals surface area contributed by atoms with Gasteiger partial charge >= 0.3 is 0 Å². The van der Waals surface area contributed by atoms with Crippen molar-refractivity contribution >= 4 is 5.57 Å². The predicted molar refractivity (Wildman–Crippen MR) is 84.0 cm³/mol. The lowest BCUT2D eigenvalue weighted by Crippen LogP contribution is -2.05. The second kappa shape index (κ2) is 5.54. The van der Waals surface area contributed by atoms with Gasteiger partial charge in [-0.05, 0) is 61.1 Å². The fraction of sp³-hybridized carbons (Fsp3) is 0.263. The van der Waals surface area contributed by atoms with Gasteiger partial charge in [-0.2, -0.15) is 0 Å². The lowest BCUT2D eigenvalue weighted by Gasteiger charge is -2.10. The van der Waals surface area contributed by atoms with Gasteiger partial charge in [-0.3, -0.25) is 0 Å². The Morgan fingerprint density at radius 2 is 1.75 bits per heavy atom. The molecular formula is C19H20O. The van der Waals surface area contributed by atoms with Gasteiger partial charge in [0.1, 0.15) is 5.75 Å². The Kier molecular flexibility index (Phi) is 3.60. The third-order valence-corrected chi connectivity index (χ3v) is 3.62. The molecule has 102 valence electrons. The minimum atomic E-state index is 0.227. The summed E-state index contributed by atoms with van der Waals surface area (Å²) in [7, 11) is 0. The molecule has 0 amide bonds. The lowest BCUT2D eigenvalue weighted by molar-refractivity contribution is 0.242. The zero-order valence-electron chi connectivity index (χ0n) is 12.1. The van der Waals surface area contributed by atoms with Gasteiger partial charge in [-0.15, -0.1) is 0 Å². The quantitative estimate of drug-likeness (QED) is 0.780. The molecule has 0 radical (unpaired) electrons. The van der Waals surface area contributed by atoms with E-state index in [1.54, 1.807) is 0 Å². The number of rotatable bonds is 4. The van der Waals surface area contributed by atoms with Crippen LogP contribution in [0.25, 0.3) is 5.57 Å². The van der Waals surface area contributed by atoms with Gasteiger partial charge in [-0.1, -0.05) is 42.5 Å². The van der Waals surface area contributed by atoms with Crippen molar-refractivity contribution in [2.24, 2.45) is 0 Å². The van der Waals surface area contributed by atoms with Gasteiger partial charge in [0.2, 0.25) is 0 Å². The van der Waals surface area contributed by atoms with E-state index < -0.39 is 0 Å². The topological polar surface area (TPSA) is 9.23 Å². The standard InChI is InChI=1S/C19H20O/c1-14(2)20-18-11-7-15(8-12-18)13-17-10-9-16-5-3-4-6-19(16)17/h3-8,10-12,14H,9,13H2,1-2H3. The Hall–Kier alpha value is -2.02. The molecule has 0 aliphatic heterocycles. The van der Waals surface area contributed by atoms with Crippen LogP contribution in [0.2, 0.25) is 0 Å². The predicted octanol–water partition coefficient (Wildman–Crippen LogP) is 4.66. The summed E-state index contributed by atoms with van der Waals surface area (Å²) in [4.78, 5) is 0. The van der Waals surface area contributed by atoms with E-state index >= 15 is 0 Å². The van der Waals surface area contributed by atoms with Crippen molar-refractivity contribution < 1.29 is 4.74 Å². The minimum absolute atomic E-state index is 0.227. The molecule has 0 heterocycles. The number of hydrogen-bond acceptors (Lipinski definition) is 1. The SMILES string of the molecule is CC(C)Oc1ccc(CC2=CCc3ccccc32)cc1. The third kappa shape index (κ3) is 2.77. The fourth-order valence-electron chi connectivity index (χ4n) is 2.70. The van der Waals surface area contributed by atoms with Crippen molar-refractivity contribution in [2.75, 3.05) is 0 Å². The summed E-state index contributed by atoms with van der Waals surface area (Å²) in [5.41, 5.74) is 5.64. The molecule has 0 spiro atoms. The number of hydrogen-bond donors (Lipinski definition) is 0. The van der Waals surface area contributed by atoms with Crippen LogP contribution in [-0.2, 0) is 12.8 Å². The summed E-state index contributed by atoms with van der Waals surface area (Å²) in [6.45, 7) is 4.10. The lowest BCUT2D eigenvalue weighted by atomic mass is 9.99. The third-order valence-electron chi connectivity index (χ3n) is 3.62. The summed E-state index contributed by atoms with van der Waals surface area (Å²) in [6, 6.07) is 17.2. The average molecular weight is 264 g/mol. The van der Waals surface area contributed by atoms with Gasteiger partial charge in [0, 0.05) is 0 Å². The summed E-state index contributed by atoms with van der Waals surface area (Å²) in [5.74, 6) is 0.949. The first-order valence-corrected chi connectivity index (χ1v) is 7.25. The van der Waals surface area contributed by atoms with Crippen LogP contribution in [0.3, 0.4) is 0 Å². The van der Waals surface area contributed by atoms with Gasteiger partial charge in [-0.25, -0.2) is 0 Å². The Morgan fingerprint density at radius 1 is 1.00 bits per heavy atom. The molecule has 1 nitrogen and oxygen atoms in total. The summed E-state index contributed by atoms with van der Waals surface area (Å²) >= 11 is 0. The van der Waals surface area contributed by atoms with Crippen molar-refractivity contribution in [3.8, 4) is 5.75 Å². The molecule has 20 heavy (non-hydrogen) atoms. The van der Waals surface area contributed by atoms with Crippen LogP contribution < -0.4 is 4.74 Å². The highest BCUT2D eigenvalue weighted by molar-refractivity contribution is 5.74. The van der Waals surface area contributed by atoms with E-state index in [1.807, 2.05) is 13.8 Å². The molecule has 0 atom stereocenters. The summed E-state index contributed by atoms with van der Waals surface area (Å²) in [6.07, 6.45) is 4.65. The van der Waals surface area contributed by atoms with Crippen molar-refractivity contribution in [2.45, 2.75) is 32.8 Å². The molecule has 3 rings (SSSR count). The molecule has 0 aromatic heterocycles. The largest absolute Gasteiger partial charge is 0.491 e. The van der Waals surface area contributed by atoms with Crippen molar-refractivity contribution in [3.63, 3.8) is 0 Å². The first-order valence-electron chi connectivity index (χ1n) is 7.25. The first kappa shape index (κ1) is 13.0. The van der Waals surface area contributed by atoms with Crippen molar-refractivity contribution in [3.05, 3.63) is 71.3 Å². The molecule has 2 aromatic rings. The molecule has 2 aromatic carbocycles. The van der Waals surface area contributed by atoms with E-state index in [9.17, 15) is 0 Å². The van der Waals surface area contributed by atoms with Gasteiger partial charge in [0.25, 0.3) is 0 Å². The first-order chi connectivity index (χ1) is 9.72. The second-order valence-electron chi connectivity index (χ2n) is 5.58.